The number of nitrogens with zero attached hydrogens (tertiary/aromatic N) is 1. The van der Waals surface area contributed by atoms with E-state index in [9.17, 15) is 19.8 Å². The Kier molecular flexibility index (Phi) is 7.53. The summed E-state index contributed by atoms with van der Waals surface area (Å²) >= 11 is 0. The van der Waals surface area contributed by atoms with E-state index < -0.39 is 12.1 Å². The van der Waals surface area contributed by atoms with Crippen LogP contribution in [0, 0.1) is 5.92 Å². The monoisotopic (exact) mass is 402 g/mol. The zero-order valence-electron chi connectivity index (χ0n) is 17.3. The number of aliphatic hydroxyl groups is 1. The van der Waals surface area contributed by atoms with Crippen LogP contribution in [-0.4, -0.2) is 45.6 Å². The fraction of sp³-hybridized carbons (Fsp3) is 0.652. The summed E-state index contributed by atoms with van der Waals surface area (Å²) in [5, 5.41) is 22.5. The molecule has 1 heterocycles. The molecule has 0 aromatic heterocycles. The summed E-state index contributed by atoms with van der Waals surface area (Å²) < 4.78 is 0. The quantitative estimate of drug-likeness (QED) is 0.653. The van der Waals surface area contributed by atoms with Crippen LogP contribution in [0.3, 0.4) is 0 Å². The van der Waals surface area contributed by atoms with Crippen molar-refractivity contribution < 1.29 is 19.8 Å². The van der Waals surface area contributed by atoms with Gasteiger partial charge in [0, 0.05) is 25.4 Å². The Hall–Kier alpha value is -2.08. The first-order chi connectivity index (χ1) is 14.0. The number of hydrogen-bond donors (Lipinski definition) is 3. The van der Waals surface area contributed by atoms with Crippen molar-refractivity contribution in [1.82, 2.24) is 10.2 Å². The van der Waals surface area contributed by atoms with Crippen LogP contribution in [0.4, 0.5) is 0 Å². The Bertz CT molecular complexity index is 689. The maximum atomic E-state index is 12.7. The highest BCUT2D eigenvalue weighted by Crippen LogP contribution is 2.35. The van der Waals surface area contributed by atoms with Crippen molar-refractivity contribution in [3.63, 3.8) is 0 Å². The molecule has 1 saturated carbocycles. The molecule has 2 aliphatic rings. The third kappa shape index (κ3) is 5.72. The van der Waals surface area contributed by atoms with E-state index in [-0.39, 0.29) is 24.0 Å². The first kappa shape index (κ1) is 21.6. The van der Waals surface area contributed by atoms with Crippen LogP contribution < -0.4 is 5.32 Å². The molecule has 0 bridgehead atoms. The number of likely N-dealkylation sites (tertiary alicyclic amines) is 1. The van der Waals surface area contributed by atoms with E-state index in [2.05, 4.69) is 10.2 Å². The number of aromatic hydroxyl groups is 1. The molecule has 4 atom stereocenters. The molecule has 160 valence electrons. The van der Waals surface area contributed by atoms with E-state index in [1.807, 2.05) is 0 Å². The van der Waals surface area contributed by atoms with Gasteiger partial charge in [-0.3, -0.25) is 9.59 Å². The maximum Gasteiger partial charge on any atom is 0.222 e. The minimum atomic E-state index is -0.849. The summed E-state index contributed by atoms with van der Waals surface area (Å²) in [4.78, 5) is 27.0. The number of piperidine rings is 1. The number of amides is 2. The Labute approximate surface area is 173 Å². The number of fused-ring (bicyclic) bond motifs is 1. The maximum absolute atomic E-state index is 12.7. The van der Waals surface area contributed by atoms with Crippen LogP contribution in [0.2, 0.25) is 0 Å². The number of carbonyl (C=O) groups excluding carboxylic acids is 2. The Balaban J connectivity index is 1.41. The van der Waals surface area contributed by atoms with Crippen LogP contribution in [0.25, 0.3) is 0 Å². The van der Waals surface area contributed by atoms with Crippen molar-refractivity contribution in [2.24, 2.45) is 5.92 Å². The van der Waals surface area contributed by atoms with Crippen molar-refractivity contribution >= 4 is 11.8 Å². The molecular formula is C23H34N2O4. The second-order valence-corrected chi connectivity index (χ2v) is 8.59. The van der Waals surface area contributed by atoms with Gasteiger partial charge in [-0.2, -0.15) is 0 Å². The predicted molar refractivity (Wildman–Crippen MR) is 111 cm³/mol. The third-order valence-electron chi connectivity index (χ3n) is 6.45. The molecule has 1 aliphatic heterocycles. The van der Waals surface area contributed by atoms with Crippen molar-refractivity contribution in [2.75, 3.05) is 6.54 Å². The van der Waals surface area contributed by atoms with Crippen LogP contribution in [-0.2, 0) is 9.59 Å². The van der Waals surface area contributed by atoms with E-state index in [0.29, 0.717) is 30.4 Å². The smallest absolute Gasteiger partial charge is 0.222 e. The number of benzene rings is 1. The highest BCUT2D eigenvalue weighted by atomic mass is 16.3. The SMILES string of the molecule is CC(NC(=O)CCCC(=O)N1CCCC2CCCCC21)C(O)c1ccc(O)cc1. The molecule has 3 rings (SSSR count). The molecule has 29 heavy (non-hydrogen) atoms. The number of carbonyl (C=O) groups is 2. The summed E-state index contributed by atoms with van der Waals surface area (Å²) in [5.74, 6) is 0.839. The van der Waals surface area contributed by atoms with Gasteiger partial charge in [0.1, 0.15) is 5.75 Å². The van der Waals surface area contributed by atoms with Crippen LogP contribution in [0.1, 0.15) is 76.4 Å². The average Bonchev–Trinajstić information content (AvgIpc) is 2.73. The Morgan fingerprint density at radius 2 is 1.79 bits per heavy atom. The minimum absolute atomic E-state index is 0.135. The molecule has 1 aromatic carbocycles. The molecule has 4 unspecified atom stereocenters. The largest absolute Gasteiger partial charge is 0.508 e. The molecule has 2 amide bonds. The molecule has 0 radical (unpaired) electrons. The molecule has 6 nitrogen and oxygen atoms in total. The number of phenols is 1. The lowest BCUT2D eigenvalue weighted by Crippen LogP contribution is -2.49. The Morgan fingerprint density at radius 3 is 2.55 bits per heavy atom. The van der Waals surface area contributed by atoms with Gasteiger partial charge in [0.25, 0.3) is 0 Å². The topological polar surface area (TPSA) is 89.9 Å². The summed E-state index contributed by atoms with van der Waals surface area (Å²) in [6, 6.07) is 6.26. The molecule has 0 spiro atoms. The molecule has 2 fully saturated rings. The molecule has 1 saturated heterocycles. The normalized spacial score (nSPS) is 23.7. The minimum Gasteiger partial charge on any atom is -0.508 e. The molecule has 3 N–H and O–H groups in total. The molecule has 6 heteroatoms. The number of rotatable bonds is 7. The Morgan fingerprint density at radius 1 is 1.10 bits per heavy atom. The van der Waals surface area contributed by atoms with Crippen molar-refractivity contribution in [1.29, 1.82) is 0 Å². The average molecular weight is 403 g/mol. The summed E-state index contributed by atoms with van der Waals surface area (Å²) in [6.07, 6.45) is 7.59. The van der Waals surface area contributed by atoms with E-state index in [1.54, 1.807) is 19.1 Å². The van der Waals surface area contributed by atoms with Crippen molar-refractivity contribution in [3.05, 3.63) is 29.8 Å². The van der Waals surface area contributed by atoms with Gasteiger partial charge in [0.15, 0.2) is 0 Å². The van der Waals surface area contributed by atoms with Crippen molar-refractivity contribution in [3.8, 4) is 5.75 Å². The molecule has 1 aromatic rings. The predicted octanol–water partition coefficient (Wildman–Crippen LogP) is 3.28. The lowest BCUT2D eigenvalue weighted by Gasteiger charge is -2.44. The summed E-state index contributed by atoms with van der Waals surface area (Å²) in [7, 11) is 0. The van der Waals surface area contributed by atoms with E-state index in [1.165, 1.54) is 37.8 Å². The highest BCUT2D eigenvalue weighted by Gasteiger charge is 2.35. The lowest BCUT2D eigenvalue weighted by molar-refractivity contribution is -0.137. The number of aliphatic hydroxyl groups excluding tert-OH is 1. The molecule has 1 aliphatic carbocycles. The van der Waals surface area contributed by atoms with Gasteiger partial charge in [-0.05, 0) is 62.6 Å². The zero-order chi connectivity index (χ0) is 20.8. The number of phenolic OH excluding ortho intramolecular Hbond substituents is 1. The highest BCUT2D eigenvalue weighted by molar-refractivity contribution is 5.79. The van der Waals surface area contributed by atoms with Gasteiger partial charge in [-0.1, -0.05) is 25.0 Å². The van der Waals surface area contributed by atoms with Gasteiger partial charge >= 0.3 is 0 Å². The first-order valence-electron chi connectivity index (χ1n) is 11.0. The van der Waals surface area contributed by atoms with Gasteiger partial charge in [0.2, 0.25) is 11.8 Å². The van der Waals surface area contributed by atoms with Gasteiger partial charge in [0.05, 0.1) is 12.1 Å². The summed E-state index contributed by atoms with van der Waals surface area (Å²) in [6.45, 7) is 2.61. The second-order valence-electron chi connectivity index (χ2n) is 8.59. The van der Waals surface area contributed by atoms with Crippen LogP contribution in [0.15, 0.2) is 24.3 Å². The third-order valence-corrected chi connectivity index (χ3v) is 6.45. The zero-order valence-corrected chi connectivity index (χ0v) is 17.3. The first-order valence-corrected chi connectivity index (χ1v) is 11.0. The standard InChI is InChI=1S/C23H34N2O4/c1-16(23(29)18-11-13-19(26)14-12-18)24-21(27)9-4-10-22(28)25-15-5-7-17-6-2-3-8-20(17)25/h11-14,16-17,20,23,26,29H,2-10,15H2,1H3,(H,24,27). The van der Waals surface area contributed by atoms with Crippen molar-refractivity contribution in [2.45, 2.75) is 82.9 Å². The van der Waals surface area contributed by atoms with E-state index in [0.717, 1.165) is 19.4 Å². The lowest BCUT2D eigenvalue weighted by atomic mass is 9.78. The van der Waals surface area contributed by atoms with E-state index in [4.69, 9.17) is 0 Å². The molecular weight excluding hydrogens is 368 g/mol. The van der Waals surface area contributed by atoms with Gasteiger partial charge in [-0.25, -0.2) is 0 Å². The van der Waals surface area contributed by atoms with Gasteiger partial charge < -0.3 is 20.4 Å². The fourth-order valence-electron chi connectivity index (χ4n) is 4.84. The second kappa shape index (κ2) is 10.1. The fourth-order valence-corrected chi connectivity index (χ4v) is 4.84. The number of hydrogen-bond acceptors (Lipinski definition) is 4. The summed E-state index contributed by atoms with van der Waals surface area (Å²) in [5.41, 5.74) is 0.637. The number of nitrogens with one attached hydrogen (secondary N) is 1. The van der Waals surface area contributed by atoms with E-state index >= 15 is 0 Å². The van der Waals surface area contributed by atoms with Gasteiger partial charge in [-0.15, -0.1) is 0 Å². The van der Waals surface area contributed by atoms with Crippen LogP contribution >= 0.6 is 0 Å². The van der Waals surface area contributed by atoms with Crippen LogP contribution in [0.5, 0.6) is 5.75 Å².